The predicted octanol–water partition coefficient (Wildman–Crippen LogP) is 3.27. The first kappa shape index (κ1) is 12.3. The summed E-state index contributed by atoms with van der Waals surface area (Å²) in [5.41, 5.74) is 4.80. The van der Waals surface area contributed by atoms with Gasteiger partial charge in [-0.25, -0.2) is 4.98 Å². The molecule has 0 saturated carbocycles. The van der Waals surface area contributed by atoms with E-state index in [9.17, 15) is 0 Å². The SMILES string of the molecule is Cc1ccc(-c2nc(CCO)sc2C)c(C)c1. The van der Waals surface area contributed by atoms with Gasteiger partial charge in [0.2, 0.25) is 0 Å². The number of thiazole rings is 1. The summed E-state index contributed by atoms with van der Waals surface area (Å²) in [4.78, 5) is 5.84. The van der Waals surface area contributed by atoms with Gasteiger partial charge in [-0.2, -0.15) is 0 Å². The maximum absolute atomic E-state index is 8.95. The van der Waals surface area contributed by atoms with Crippen LogP contribution in [0.5, 0.6) is 0 Å². The van der Waals surface area contributed by atoms with Crippen LogP contribution in [0.4, 0.5) is 0 Å². The summed E-state index contributed by atoms with van der Waals surface area (Å²) in [5, 5.41) is 9.96. The third kappa shape index (κ3) is 2.56. The fourth-order valence-corrected chi connectivity index (χ4v) is 2.92. The Morgan fingerprint density at radius 2 is 2.00 bits per heavy atom. The van der Waals surface area contributed by atoms with Gasteiger partial charge < -0.3 is 5.11 Å². The van der Waals surface area contributed by atoms with Crippen molar-refractivity contribution in [1.29, 1.82) is 0 Å². The van der Waals surface area contributed by atoms with Crippen molar-refractivity contribution in [3.05, 3.63) is 39.2 Å². The molecule has 3 heteroatoms. The molecule has 17 heavy (non-hydrogen) atoms. The van der Waals surface area contributed by atoms with E-state index in [1.165, 1.54) is 21.6 Å². The number of rotatable bonds is 3. The quantitative estimate of drug-likeness (QED) is 0.903. The Kier molecular flexibility index (Phi) is 3.60. The fourth-order valence-electron chi connectivity index (χ4n) is 1.98. The molecule has 0 fully saturated rings. The second-order valence-corrected chi connectivity index (χ2v) is 5.59. The molecule has 0 amide bonds. The monoisotopic (exact) mass is 247 g/mol. The van der Waals surface area contributed by atoms with Crippen molar-refractivity contribution < 1.29 is 5.11 Å². The number of benzene rings is 1. The van der Waals surface area contributed by atoms with Crippen LogP contribution in [0, 0.1) is 20.8 Å². The van der Waals surface area contributed by atoms with Crippen LogP contribution < -0.4 is 0 Å². The lowest BCUT2D eigenvalue weighted by molar-refractivity contribution is 0.299. The first-order valence-corrected chi connectivity index (χ1v) is 6.58. The molecule has 0 spiro atoms. The standard InChI is InChI=1S/C14H17NOS/c1-9-4-5-12(10(2)8-9)14-11(3)17-13(15-14)6-7-16/h4-5,8,16H,6-7H2,1-3H3. The zero-order valence-corrected chi connectivity index (χ0v) is 11.3. The summed E-state index contributed by atoms with van der Waals surface area (Å²) in [6.45, 7) is 6.47. The van der Waals surface area contributed by atoms with Crippen molar-refractivity contribution in [2.75, 3.05) is 6.61 Å². The maximum atomic E-state index is 8.95. The van der Waals surface area contributed by atoms with E-state index in [4.69, 9.17) is 5.11 Å². The lowest BCUT2D eigenvalue weighted by Crippen LogP contribution is -1.90. The zero-order valence-electron chi connectivity index (χ0n) is 10.4. The van der Waals surface area contributed by atoms with Gasteiger partial charge in [-0.1, -0.05) is 23.8 Å². The first-order chi connectivity index (χ1) is 8.11. The van der Waals surface area contributed by atoms with E-state index in [0.717, 1.165) is 10.7 Å². The summed E-state index contributed by atoms with van der Waals surface area (Å²) in [5.74, 6) is 0. The molecule has 0 aliphatic carbocycles. The molecular weight excluding hydrogens is 230 g/mol. The van der Waals surface area contributed by atoms with Gasteiger partial charge in [0, 0.05) is 23.5 Å². The van der Waals surface area contributed by atoms with E-state index in [2.05, 4.69) is 44.0 Å². The maximum Gasteiger partial charge on any atom is 0.0958 e. The molecule has 2 rings (SSSR count). The van der Waals surface area contributed by atoms with E-state index in [-0.39, 0.29) is 6.61 Å². The van der Waals surface area contributed by atoms with Crippen molar-refractivity contribution >= 4 is 11.3 Å². The average Bonchev–Trinajstić information content (AvgIpc) is 2.60. The largest absolute Gasteiger partial charge is 0.396 e. The minimum atomic E-state index is 0.166. The molecule has 1 heterocycles. The summed E-state index contributed by atoms with van der Waals surface area (Å²) in [7, 11) is 0. The molecule has 1 aromatic heterocycles. The number of nitrogens with zero attached hydrogens (tertiary/aromatic N) is 1. The van der Waals surface area contributed by atoms with Crippen LogP contribution in [0.3, 0.4) is 0 Å². The number of aliphatic hydroxyl groups is 1. The fraction of sp³-hybridized carbons (Fsp3) is 0.357. The van der Waals surface area contributed by atoms with Crippen LogP contribution in [-0.4, -0.2) is 16.7 Å². The molecule has 1 N–H and O–H groups in total. The van der Waals surface area contributed by atoms with Crippen molar-refractivity contribution in [1.82, 2.24) is 4.98 Å². The van der Waals surface area contributed by atoms with Crippen molar-refractivity contribution in [2.45, 2.75) is 27.2 Å². The molecule has 2 nitrogen and oxygen atoms in total. The topological polar surface area (TPSA) is 33.1 Å². The van der Waals surface area contributed by atoms with E-state index < -0.39 is 0 Å². The second kappa shape index (κ2) is 4.98. The molecule has 1 aromatic carbocycles. The van der Waals surface area contributed by atoms with E-state index in [1.807, 2.05) is 0 Å². The van der Waals surface area contributed by atoms with Crippen molar-refractivity contribution in [3.8, 4) is 11.3 Å². The molecule has 0 saturated heterocycles. The molecule has 0 aliphatic heterocycles. The first-order valence-electron chi connectivity index (χ1n) is 5.76. The van der Waals surface area contributed by atoms with Crippen LogP contribution in [-0.2, 0) is 6.42 Å². The summed E-state index contributed by atoms with van der Waals surface area (Å²) >= 11 is 1.68. The molecule has 0 bridgehead atoms. The summed E-state index contributed by atoms with van der Waals surface area (Å²) in [6, 6.07) is 6.43. The molecular formula is C14H17NOS. The van der Waals surface area contributed by atoms with Gasteiger partial charge in [-0.15, -0.1) is 11.3 Å². The lowest BCUT2D eigenvalue weighted by atomic mass is 10.0. The number of aromatic nitrogens is 1. The number of hydrogen-bond acceptors (Lipinski definition) is 3. The van der Waals surface area contributed by atoms with Gasteiger partial charge in [0.05, 0.1) is 10.7 Å². The number of hydrogen-bond donors (Lipinski definition) is 1. The van der Waals surface area contributed by atoms with Crippen molar-refractivity contribution in [3.63, 3.8) is 0 Å². The van der Waals surface area contributed by atoms with Gasteiger partial charge in [0.15, 0.2) is 0 Å². The van der Waals surface area contributed by atoms with Crippen LogP contribution in [0.1, 0.15) is 21.0 Å². The highest BCUT2D eigenvalue weighted by atomic mass is 32.1. The Bertz CT molecular complexity index is 531. The smallest absolute Gasteiger partial charge is 0.0958 e. The molecule has 90 valence electrons. The molecule has 2 aromatic rings. The Hall–Kier alpha value is -1.19. The normalized spacial score (nSPS) is 10.8. The predicted molar refractivity (Wildman–Crippen MR) is 72.6 cm³/mol. The summed E-state index contributed by atoms with van der Waals surface area (Å²) in [6.07, 6.45) is 0.649. The highest BCUT2D eigenvalue weighted by molar-refractivity contribution is 7.12. The van der Waals surface area contributed by atoms with Gasteiger partial charge in [-0.3, -0.25) is 0 Å². The van der Waals surface area contributed by atoms with Gasteiger partial charge >= 0.3 is 0 Å². The average molecular weight is 247 g/mol. The van der Waals surface area contributed by atoms with Gasteiger partial charge in [-0.05, 0) is 26.3 Å². The number of aliphatic hydroxyl groups excluding tert-OH is 1. The Balaban J connectivity index is 2.45. The van der Waals surface area contributed by atoms with Gasteiger partial charge in [0.1, 0.15) is 0 Å². The van der Waals surface area contributed by atoms with Crippen LogP contribution >= 0.6 is 11.3 Å². The highest BCUT2D eigenvalue weighted by Crippen LogP contribution is 2.30. The van der Waals surface area contributed by atoms with Crippen molar-refractivity contribution in [2.24, 2.45) is 0 Å². The molecule has 0 aliphatic rings. The van der Waals surface area contributed by atoms with Crippen LogP contribution in [0.15, 0.2) is 18.2 Å². The third-order valence-corrected chi connectivity index (χ3v) is 3.83. The molecule has 0 unspecified atom stereocenters. The highest BCUT2D eigenvalue weighted by Gasteiger charge is 2.11. The van der Waals surface area contributed by atoms with E-state index in [1.54, 1.807) is 11.3 Å². The zero-order chi connectivity index (χ0) is 12.4. The summed E-state index contributed by atoms with van der Waals surface area (Å²) < 4.78 is 0. The Labute approximate surface area is 106 Å². The minimum absolute atomic E-state index is 0.166. The lowest BCUT2D eigenvalue weighted by Gasteiger charge is -2.05. The molecule has 0 atom stereocenters. The van der Waals surface area contributed by atoms with Crippen LogP contribution in [0.25, 0.3) is 11.3 Å². The Morgan fingerprint density at radius 1 is 1.24 bits per heavy atom. The molecule has 0 radical (unpaired) electrons. The van der Waals surface area contributed by atoms with E-state index >= 15 is 0 Å². The number of aryl methyl sites for hydroxylation is 3. The van der Waals surface area contributed by atoms with Gasteiger partial charge in [0.25, 0.3) is 0 Å². The minimum Gasteiger partial charge on any atom is -0.396 e. The third-order valence-electron chi connectivity index (χ3n) is 2.80. The van der Waals surface area contributed by atoms with Crippen LogP contribution in [0.2, 0.25) is 0 Å². The van der Waals surface area contributed by atoms with E-state index in [0.29, 0.717) is 6.42 Å². The second-order valence-electron chi connectivity index (χ2n) is 4.30. The Morgan fingerprint density at radius 3 is 2.65 bits per heavy atom.